The highest BCUT2D eigenvalue weighted by molar-refractivity contribution is 5.83. The molecule has 0 aromatic rings. The lowest BCUT2D eigenvalue weighted by Crippen LogP contribution is -2.41. The summed E-state index contributed by atoms with van der Waals surface area (Å²) in [7, 11) is 0. The van der Waals surface area contributed by atoms with Crippen molar-refractivity contribution in [1.29, 1.82) is 0 Å². The van der Waals surface area contributed by atoms with Crippen molar-refractivity contribution in [1.82, 2.24) is 4.90 Å². The second kappa shape index (κ2) is 5.94. The zero-order valence-electron chi connectivity index (χ0n) is 10.6. The number of aliphatic hydroxyl groups is 1. The average Bonchev–Trinajstić information content (AvgIpc) is 2.83. The fourth-order valence-corrected chi connectivity index (χ4v) is 2.73. The van der Waals surface area contributed by atoms with Crippen LogP contribution in [-0.4, -0.2) is 54.7 Å². The van der Waals surface area contributed by atoms with E-state index in [4.69, 9.17) is 4.74 Å². The van der Waals surface area contributed by atoms with Crippen LogP contribution in [0, 0.1) is 11.8 Å². The van der Waals surface area contributed by atoms with Crippen LogP contribution in [0.1, 0.15) is 26.2 Å². The summed E-state index contributed by atoms with van der Waals surface area (Å²) in [5, 5.41) is 9.52. The van der Waals surface area contributed by atoms with Gasteiger partial charge in [-0.15, -0.1) is 0 Å². The van der Waals surface area contributed by atoms with Crippen LogP contribution in [-0.2, 0) is 9.53 Å². The fraction of sp³-hybridized carbons (Fsp3) is 0.923. The second-order valence-corrected chi connectivity index (χ2v) is 5.38. The molecule has 0 aromatic carbocycles. The predicted molar refractivity (Wildman–Crippen MR) is 64.8 cm³/mol. The van der Waals surface area contributed by atoms with Gasteiger partial charge in [-0.05, 0) is 45.2 Å². The first kappa shape index (κ1) is 13.0. The topological polar surface area (TPSA) is 49.8 Å². The standard InChI is InChI=1S/C13H23NO3/c1-10(15)11-2-5-14(6-3-11)8-13(16)12-4-7-17-9-12/h10-12,15H,2-9H2,1H3. The van der Waals surface area contributed by atoms with Gasteiger partial charge in [0.1, 0.15) is 0 Å². The normalized spacial score (nSPS) is 29.4. The van der Waals surface area contributed by atoms with Crippen molar-refractivity contribution in [2.45, 2.75) is 32.3 Å². The molecule has 2 fully saturated rings. The molecule has 2 aliphatic rings. The third-order valence-electron chi connectivity index (χ3n) is 4.08. The van der Waals surface area contributed by atoms with Gasteiger partial charge in [-0.2, -0.15) is 0 Å². The van der Waals surface area contributed by atoms with Gasteiger partial charge in [0, 0.05) is 12.5 Å². The van der Waals surface area contributed by atoms with Crippen LogP contribution in [0.15, 0.2) is 0 Å². The molecule has 0 saturated carbocycles. The summed E-state index contributed by atoms with van der Waals surface area (Å²) in [5.41, 5.74) is 0. The number of hydrogen-bond donors (Lipinski definition) is 1. The highest BCUT2D eigenvalue weighted by atomic mass is 16.5. The number of hydrogen-bond acceptors (Lipinski definition) is 4. The zero-order valence-corrected chi connectivity index (χ0v) is 10.6. The second-order valence-electron chi connectivity index (χ2n) is 5.38. The van der Waals surface area contributed by atoms with Crippen LogP contribution >= 0.6 is 0 Å². The summed E-state index contributed by atoms with van der Waals surface area (Å²) in [4.78, 5) is 14.2. The molecular formula is C13H23NO3. The zero-order chi connectivity index (χ0) is 12.3. The van der Waals surface area contributed by atoms with Gasteiger partial charge >= 0.3 is 0 Å². The van der Waals surface area contributed by atoms with E-state index in [9.17, 15) is 9.90 Å². The van der Waals surface area contributed by atoms with Gasteiger partial charge in [-0.25, -0.2) is 0 Å². The van der Waals surface area contributed by atoms with Crippen molar-refractivity contribution in [2.24, 2.45) is 11.8 Å². The van der Waals surface area contributed by atoms with Crippen LogP contribution in [0.2, 0.25) is 0 Å². The minimum Gasteiger partial charge on any atom is -0.393 e. The third kappa shape index (κ3) is 3.50. The maximum Gasteiger partial charge on any atom is 0.152 e. The first-order valence-corrected chi connectivity index (χ1v) is 6.67. The molecule has 0 amide bonds. The number of carbonyl (C=O) groups excluding carboxylic acids is 1. The molecule has 2 atom stereocenters. The number of ether oxygens (including phenoxy) is 1. The van der Waals surface area contributed by atoms with Crippen molar-refractivity contribution in [2.75, 3.05) is 32.8 Å². The maximum absolute atomic E-state index is 12.0. The molecule has 2 saturated heterocycles. The first-order chi connectivity index (χ1) is 8.16. The maximum atomic E-state index is 12.0. The number of likely N-dealkylation sites (tertiary alicyclic amines) is 1. The lowest BCUT2D eigenvalue weighted by molar-refractivity contribution is -0.124. The molecule has 2 rings (SSSR count). The summed E-state index contributed by atoms with van der Waals surface area (Å²) < 4.78 is 5.24. The van der Waals surface area contributed by atoms with Gasteiger partial charge < -0.3 is 9.84 Å². The quantitative estimate of drug-likeness (QED) is 0.786. The molecule has 2 unspecified atom stereocenters. The minimum atomic E-state index is -0.212. The Hall–Kier alpha value is -0.450. The van der Waals surface area contributed by atoms with E-state index < -0.39 is 0 Å². The molecular weight excluding hydrogens is 218 g/mol. The summed E-state index contributed by atoms with van der Waals surface area (Å²) in [6.45, 7) is 5.66. The molecule has 0 aromatic heterocycles. The number of carbonyl (C=O) groups is 1. The Bertz CT molecular complexity index is 253. The van der Waals surface area contributed by atoms with Gasteiger partial charge in [-0.3, -0.25) is 9.69 Å². The molecule has 4 nitrogen and oxygen atoms in total. The SMILES string of the molecule is CC(O)C1CCN(CC(=O)C2CCOC2)CC1. The smallest absolute Gasteiger partial charge is 0.152 e. The van der Waals surface area contributed by atoms with E-state index in [1.807, 2.05) is 6.92 Å². The summed E-state index contributed by atoms with van der Waals surface area (Å²) in [6.07, 6.45) is 2.69. The van der Waals surface area contributed by atoms with Crippen LogP contribution < -0.4 is 0 Å². The van der Waals surface area contributed by atoms with Crippen molar-refractivity contribution >= 4 is 5.78 Å². The van der Waals surface area contributed by atoms with Crippen molar-refractivity contribution in [3.05, 3.63) is 0 Å². The Morgan fingerprint density at radius 1 is 1.41 bits per heavy atom. The molecule has 4 heteroatoms. The Balaban J connectivity index is 1.72. The number of piperidine rings is 1. The van der Waals surface area contributed by atoms with Crippen LogP contribution in [0.5, 0.6) is 0 Å². The monoisotopic (exact) mass is 241 g/mol. The predicted octanol–water partition coefficient (Wildman–Crippen LogP) is 0.685. The van der Waals surface area contributed by atoms with E-state index in [-0.39, 0.29) is 12.0 Å². The average molecular weight is 241 g/mol. The van der Waals surface area contributed by atoms with E-state index in [0.29, 0.717) is 24.9 Å². The molecule has 98 valence electrons. The van der Waals surface area contributed by atoms with Crippen molar-refractivity contribution < 1.29 is 14.6 Å². The Morgan fingerprint density at radius 3 is 2.65 bits per heavy atom. The largest absolute Gasteiger partial charge is 0.393 e. The van der Waals surface area contributed by atoms with Crippen molar-refractivity contribution in [3.63, 3.8) is 0 Å². The summed E-state index contributed by atoms with van der Waals surface area (Å²) in [6, 6.07) is 0. The fourth-order valence-electron chi connectivity index (χ4n) is 2.73. The molecule has 17 heavy (non-hydrogen) atoms. The number of rotatable bonds is 4. The van der Waals surface area contributed by atoms with Gasteiger partial charge in [0.05, 0.1) is 19.3 Å². The molecule has 0 spiro atoms. The van der Waals surface area contributed by atoms with E-state index in [1.54, 1.807) is 0 Å². The number of Topliss-reactive ketones (excluding diaryl/α,β-unsaturated/α-hetero) is 1. The molecule has 2 heterocycles. The van der Waals surface area contributed by atoms with Gasteiger partial charge in [-0.1, -0.05) is 0 Å². The molecule has 1 N–H and O–H groups in total. The Kier molecular flexibility index (Phi) is 4.54. The molecule has 2 aliphatic heterocycles. The van der Waals surface area contributed by atoms with Gasteiger partial charge in [0.2, 0.25) is 0 Å². The Labute approximate surface area is 103 Å². The molecule has 0 bridgehead atoms. The minimum absolute atomic E-state index is 0.129. The van der Waals surface area contributed by atoms with E-state index >= 15 is 0 Å². The first-order valence-electron chi connectivity index (χ1n) is 6.67. The molecule has 0 radical (unpaired) electrons. The Morgan fingerprint density at radius 2 is 2.12 bits per heavy atom. The van der Waals surface area contributed by atoms with Crippen LogP contribution in [0.3, 0.4) is 0 Å². The number of aliphatic hydroxyl groups excluding tert-OH is 1. The van der Waals surface area contributed by atoms with Gasteiger partial charge in [0.25, 0.3) is 0 Å². The molecule has 0 aliphatic carbocycles. The lowest BCUT2D eigenvalue weighted by atomic mass is 9.91. The van der Waals surface area contributed by atoms with E-state index in [1.165, 1.54) is 0 Å². The highest BCUT2D eigenvalue weighted by Crippen LogP contribution is 2.21. The third-order valence-corrected chi connectivity index (χ3v) is 4.08. The lowest BCUT2D eigenvalue weighted by Gasteiger charge is -2.33. The number of nitrogens with zero attached hydrogens (tertiary/aromatic N) is 1. The summed E-state index contributed by atoms with van der Waals surface area (Å²) >= 11 is 0. The summed E-state index contributed by atoms with van der Waals surface area (Å²) in [5.74, 6) is 0.874. The van der Waals surface area contributed by atoms with Crippen LogP contribution in [0.25, 0.3) is 0 Å². The van der Waals surface area contributed by atoms with E-state index in [0.717, 1.165) is 39.0 Å². The van der Waals surface area contributed by atoms with Crippen molar-refractivity contribution in [3.8, 4) is 0 Å². The van der Waals surface area contributed by atoms with Crippen LogP contribution in [0.4, 0.5) is 0 Å². The highest BCUT2D eigenvalue weighted by Gasteiger charge is 2.28. The number of ketones is 1. The van der Waals surface area contributed by atoms with E-state index in [2.05, 4.69) is 4.90 Å². The van der Waals surface area contributed by atoms with Gasteiger partial charge in [0.15, 0.2) is 5.78 Å².